The van der Waals surface area contributed by atoms with Gasteiger partial charge in [0.2, 0.25) is 5.13 Å². The van der Waals surface area contributed by atoms with E-state index in [2.05, 4.69) is 36.0 Å². The average molecular weight is 594 g/mol. The molecule has 0 radical (unpaired) electrons. The fourth-order valence-electron chi connectivity index (χ4n) is 5.34. The molecule has 15 heteroatoms. The van der Waals surface area contributed by atoms with Crippen molar-refractivity contribution < 1.29 is 13.9 Å². The Balaban J connectivity index is 1.17. The van der Waals surface area contributed by atoms with Crippen LogP contribution in [0.1, 0.15) is 68.7 Å². The number of hydrogen-bond donors (Lipinski definition) is 3. The lowest BCUT2D eigenvalue weighted by molar-refractivity contribution is -0.148. The summed E-state index contributed by atoms with van der Waals surface area (Å²) in [5.74, 6) is 1.44. The first-order valence-corrected chi connectivity index (χ1v) is 14.7. The largest absolute Gasteiger partial charge is 0.368 e. The minimum atomic E-state index is -0.975. The lowest BCUT2D eigenvalue weighted by Crippen LogP contribution is -2.51. The van der Waals surface area contributed by atoms with Gasteiger partial charge in [0.25, 0.3) is 5.91 Å². The van der Waals surface area contributed by atoms with Crippen LogP contribution in [-0.2, 0) is 16.1 Å². The molecule has 5 aromatic rings. The molecule has 0 aromatic carbocycles. The molecule has 0 unspecified atom stereocenters. The van der Waals surface area contributed by atoms with Crippen molar-refractivity contribution in [2.45, 2.75) is 70.6 Å². The maximum absolute atomic E-state index is 13.6. The van der Waals surface area contributed by atoms with Gasteiger partial charge >= 0.3 is 0 Å². The molecule has 1 fully saturated rings. The van der Waals surface area contributed by atoms with E-state index in [9.17, 15) is 9.18 Å². The Hall–Kier alpha value is -4.24. The van der Waals surface area contributed by atoms with Crippen LogP contribution in [0.15, 0.2) is 30.0 Å². The normalized spacial score (nSPS) is 19.7. The van der Waals surface area contributed by atoms with Gasteiger partial charge in [-0.05, 0) is 46.5 Å². The van der Waals surface area contributed by atoms with Crippen LogP contribution in [0.3, 0.4) is 0 Å². The highest BCUT2D eigenvalue weighted by Crippen LogP contribution is 2.40. The number of rotatable bonds is 9. The van der Waals surface area contributed by atoms with Crippen molar-refractivity contribution >= 4 is 39.9 Å². The molecular formula is C27H32FN11O2S. The third-order valence-electron chi connectivity index (χ3n) is 7.78. The van der Waals surface area contributed by atoms with E-state index in [1.165, 1.54) is 22.2 Å². The third-order valence-corrected chi connectivity index (χ3v) is 8.63. The molecule has 1 aliphatic carbocycles. The summed E-state index contributed by atoms with van der Waals surface area (Å²) >= 11 is 1.33. The van der Waals surface area contributed by atoms with Crippen molar-refractivity contribution in [2.75, 3.05) is 12.4 Å². The van der Waals surface area contributed by atoms with Crippen molar-refractivity contribution in [3.05, 3.63) is 53.1 Å². The van der Waals surface area contributed by atoms with Gasteiger partial charge in [-0.1, -0.05) is 0 Å². The van der Waals surface area contributed by atoms with Gasteiger partial charge in [0.05, 0.1) is 35.7 Å². The Bertz CT molecular complexity index is 1720. The van der Waals surface area contributed by atoms with E-state index >= 15 is 0 Å². The summed E-state index contributed by atoms with van der Waals surface area (Å²) in [6.07, 6.45) is 6.53. The number of carbonyl (C=O) groups excluding carboxylic acids is 1. The van der Waals surface area contributed by atoms with Crippen LogP contribution in [-0.4, -0.2) is 63.3 Å². The molecule has 220 valence electrons. The molecule has 0 spiro atoms. The number of aromatic nitrogens is 9. The van der Waals surface area contributed by atoms with E-state index in [1.54, 1.807) is 13.3 Å². The third kappa shape index (κ3) is 5.25. The van der Waals surface area contributed by atoms with Crippen LogP contribution in [0.25, 0.3) is 16.2 Å². The van der Waals surface area contributed by atoms with Crippen molar-refractivity contribution in [1.82, 2.24) is 50.0 Å². The Morgan fingerprint density at radius 1 is 1.26 bits per heavy atom. The number of aromatic amines is 1. The number of thiazole rings is 1. The summed E-state index contributed by atoms with van der Waals surface area (Å²) in [4.78, 5) is 27.9. The standard InChI is InChI=1S/C27H32FN11O2S/c1-5-38-24-19(12-30-38)23(33-21-10-15(2)36-37-21)34-22(35-24)17-6-8-27(41-4,9-7-17)25(40)31-16(3)20-14-42-26(32-20)39-13-18(28)11-29-39/h10-14,16-17H,5-9H2,1-4H3,(H,31,40)(H2,33,34,35,36,37)/t16-,17-,27+/m0/s1. The van der Waals surface area contributed by atoms with E-state index in [0.717, 1.165) is 22.9 Å². The van der Waals surface area contributed by atoms with Crippen LogP contribution in [0.2, 0.25) is 0 Å². The molecule has 42 heavy (non-hydrogen) atoms. The first kappa shape index (κ1) is 27.9. The zero-order chi connectivity index (χ0) is 29.4. The molecule has 1 aliphatic rings. The topological polar surface area (TPSA) is 153 Å². The number of halogens is 1. The maximum Gasteiger partial charge on any atom is 0.252 e. The predicted octanol–water partition coefficient (Wildman–Crippen LogP) is 4.32. The lowest BCUT2D eigenvalue weighted by atomic mass is 9.77. The number of aryl methyl sites for hydroxylation is 2. The van der Waals surface area contributed by atoms with Crippen molar-refractivity contribution in [2.24, 2.45) is 0 Å². The Kier molecular flexibility index (Phi) is 7.45. The van der Waals surface area contributed by atoms with E-state index in [0.29, 0.717) is 60.5 Å². The molecule has 6 rings (SSSR count). The van der Waals surface area contributed by atoms with Crippen LogP contribution < -0.4 is 10.6 Å². The molecule has 1 amide bonds. The van der Waals surface area contributed by atoms with Crippen molar-refractivity contribution in [3.63, 3.8) is 0 Å². The van der Waals surface area contributed by atoms with Crippen molar-refractivity contribution in [3.8, 4) is 5.13 Å². The molecule has 3 N–H and O–H groups in total. The van der Waals surface area contributed by atoms with Crippen LogP contribution in [0.4, 0.5) is 16.0 Å². The zero-order valence-corrected chi connectivity index (χ0v) is 24.6. The number of carbonyl (C=O) groups is 1. The van der Waals surface area contributed by atoms with Crippen LogP contribution >= 0.6 is 11.3 Å². The van der Waals surface area contributed by atoms with Gasteiger partial charge in [0, 0.05) is 36.7 Å². The SMILES string of the molecule is CCn1ncc2c(Nc3cc(C)[nH]n3)nc([C@H]3CC[C@](OC)(C(=O)N[C@@H](C)c4csc(-n5cc(F)cn5)n4)CC3)nc21. The minimum absolute atomic E-state index is 0.0418. The highest BCUT2D eigenvalue weighted by atomic mass is 32.1. The Labute approximate surface area is 244 Å². The van der Waals surface area contributed by atoms with E-state index in [-0.39, 0.29) is 17.9 Å². The van der Waals surface area contributed by atoms with E-state index < -0.39 is 11.4 Å². The molecular weight excluding hydrogens is 561 g/mol. The quantitative estimate of drug-likeness (QED) is 0.227. The number of H-pyrrole nitrogens is 1. The Morgan fingerprint density at radius 3 is 2.74 bits per heavy atom. The first-order valence-electron chi connectivity index (χ1n) is 13.8. The summed E-state index contributed by atoms with van der Waals surface area (Å²) in [6.45, 7) is 6.50. The van der Waals surface area contributed by atoms with Crippen molar-refractivity contribution in [1.29, 1.82) is 0 Å². The number of nitrogens with one attached hydrogen (secondary N) is 3. The molecule has 13 nitrogen and oxygen atoms in total. The van der Waals surface area contributed by atoms with Gasteiger partial charge in [-0.3, -0.25) is 9.89 Å². The molecule has 5 aromatic heterocycles. The summed E-state index contributed by atoms with van der Waals surface area (Å²) in [7, 11) is 1.58. The fraction of sp³-hybridized carbons (Fsp3) is 0.444. The maximum atomic E-state index is 13.6. The molecule has 0 saturated heterocycles. The number of nitrogens with zero attached hydrogens (tertiary/aromatic N) is 8. The summed E-state index contributed by atoms with van der Waals surface area (Å²) in [6, 6.07) is 1.54. The molecule has 1 atom stereocenters. The molecule has 5 heterocycles. The smallest absolute Gasteiger partial charge is 0.252 e. The minimum Gasteiger partial charge on any atom is -0.368 e. The summed E-state index contributed by atoms with van der Waals surface area (Å²) in [5, 5.41) is 25.2. The lowest BCUT2D eigenvalue weighted by Gasteiger charge is -2.38. The Morgan fingerprint density at radius 2 is 2.07 bits per heavy atom. The van der Waals surface area contributed by atoms with Gasteiger partial charge in [0.1, 0.15) is 17.2 Å². The van der Waals surface area contributed by atoms with Crippen LogP contribution in [0, 0.1) is 12.7 Å². The second kappa shape index (κ2) is 11.2. The van der Waals surface area contributed by atoms with Gasteiger partial charge in [0.15, 0.2) is 17.3 Å². The average Bonchev–Trinajstić information content (AvgIpc) is 3.80. The summed E-state index contributed by atoms with van der Waals surface area (Å²) in [5.41, 5.74) is 1.39. The highest BCUT2D eigenvalue weighted by Gasteiger charge is 2.43. The number of fused-ring (bicyclic) bond motifs is 1. The zero-order valence-electron chi connectivity index (χ0n) is 23.8. The monoisotopic (exact) mass is 593 g/mol. The highest BCUT2D eigenvalue weighted by molar-refractivity contribution is 7.12. The molecule has 0 aliphatic heterocycles. The first-order chi connectivity index (χ1) is 20.3. The van der Waals surface area contributed by atoms with Gasteiger partial charge in [-0.25, -0.2) is 28.7 Å². The fourth-order valence-corrected chi connectivity index (χ4v) is 6.19. The van der Waals surface area contributed by atoms with Gasteiger partial charge in [-0.2, -0.15) is 15.3 Å². The summed E-state index contributed by atoms with van der Waals surface area (Å²) < 4.78 is 22.5. The molecule has 0 bridgehead atoms. The number of hydrogen-bond acceptors (Lipinski definition) is 10. The second-order valence-corrected chi connectivity index (χ2v) is 11.4. The van der Waals surface area contributed by atoms with Crippen LogP contribution in [0.5, 0.6) is 0 Å². The van der Waals surface area contributed by atoms with E-state index in [4.69, 9.17) is 14.7 Å². The predicted molar refractivity (Wildman–Crippen MR) is 154 cm³/mol. The second-order valence-electron chi connectivity index (χ2n) is 10.5. The van der Waals surface area contributed by atoms with Gasteiger partial charge in [-0.15, -0.1) is 11.3 Å². The molecule has 1 saturated carbocycles. The number of anilines is 2. The van der Waals surface area contributed by atoms with Gasteiger partial charge < -0.3 is 15.4 Å². The number of amides is 1. The number of methoxy groups -OCH3 is 1. The van der Waals surface area contributed by atoms with E-state index in [1.807, 2.05) is 36.9 Å². The number of ether oxygens (including phenoxy) is 1.